The first-order chi connectivity index (χ1) is 8.54. The van der Waals surface area contributed by atoms with Crippen LogP contribution < -0.4 is 5.46 Å². The van der Waals surface area contributed by atoms with Gasteiger partial charge in [-0.2, -0.15) is 0 Å². The van der Waals surface area contributed by atoms with Crippen LogP contribution in [0.5, 0.6) is 0 Å². The fourth-order valence-electron chi connectivity index (χ4n) is 2.05. The van der Waals surface area contributed by atoms with E-state index in [1.807, 2.05) is 6.92 Å². The van der Waals surface area contributed by atoms with Gasteiger partial charge in [-0.15, -0.1) is 0 Å². The molecule has 0 saturated carbocycles. The Morgan fingerprint density at radius 1 is 1.61 bits per heavy atom. The van der Waals surface area contributed by atoms with Gasteiger partial charge >= 0.3 is 7.12 Å². The molecule has 0 aliphatic carbocycles. The van der Waals surface area contributed by atoms with E-state index in [-0.39, 0.29) is 18.1 Å². The van der Waals surface area contributed by atoms with Crippen LogP contribution >= 0.6 is 0 Å². The second kappa shape index (κ2) is 5.08. The van der Waals surface area contributed by atoms with E-state index in [1.165, 1.54) is 17.0 Å². The van der Waals surface area contributed by atoms with Crippen molar-refractivity contribution in [3.63, 3.8) is 0 Å². The van der Waals surface area contributed by atoms with E-state index in [4.69, 9.17) is 4.65 Å². The molecule has 1 N–H and O–H groups in total. The Bertz CT molecular complexity index is 481. The van der Waals surface area contributed by atoms with Crippen molar-refractivity contribution in [3.8, 4) is 0 Å². The maximum absolute atomic E-state index is 13.9. The number of nitrogens with zero attached hydrogens (tertiary/aromatic N) is 1. The molecule has 4 nitrogen and oxygen atoms in total. The number of rotatable bonds is 3. The van der Waals surface area contributed by atoms with Crippen LogP contribution in [0.2, 0.25) is 0 Å². The summed E-state index contributed by atoms with van der Waals surface area (Å²) in [6.45, 7) is 2.73. The molecule has 0 saturated heterocycles. The van der Waals surface area contributed by atoms with Crippen LogP contribution in [0.4, 0.5) is 4.39 Å². The lowest BCUT2D eigenvalue weighted by atomic mass is 9.79. The van der Waals surface area contributed by atoms with Gasteiger partial charge in [-0.1, -0.05) is 6.92 Å². The highest BCUT2D eigenvalue weighted by Crippen LogP contribution is 2.16. The van der Waals surface area contributed by atoms with Gasteiger partial charge in [0.1, 0.15) is 5.82 Å². The summed E-state index contributed by atoms with van der Waals surface area (Å²) in [6.07, 6.45) is 0.816. The van der Waals surface area contributed by atoms with Crippen molar-refractivity contribution in [1.29, 1.82) is 0 Å². The largest absolute Gasteiger partial charge is 0.491 e. The third-order valence-corrected chi connectivity index (χ3v) is 3.03. The second-order valence-electron chi connectivity index (χ2n) is 4.42. The van der Waals surface area contributed by atoms with Crippen molar-refractivity contribution in [2.75, 3.05) is 13.6 Å². The highest BCUT2D eigenvalue weighted by atomic mass is 19.1. The third-order valence-electron chi connectivity index (χ3n) is 3.03. The molecule has 96 valence electrons. The Balaban J connectivity index is 2.32. The Labute approximate surface area is 106 Å². The summed E-state index contributed by atoms with van der Waals surface area (Å²) in [4.78, 5) is 13.5. The zero-order valence-corrected chi connectivity index (χ0v) is 10.4. The molecule has 6 heteroatoms. The minimum Gasteiger partial charge on any atom is -0.423 e. The number of benzene rings is 1. The van der Waals surface area contributed by atoms with Crippen molar-refractivity contribution in [2.24, 2.45) is 0 Å². The number of carbonyl (C=O) groups is 1. The van der Waals surface area contributed by atoms with Gasteiger partial charge in [0.25, 0.3) is 5.91 Å². The van der Waals surface area contributed by atoms with Crippen molar-refractivity contribution in [2.45, 2.75) is 20.0 Å². The topological polar surface area (TPSA) is 49.8 Å². The quantitative estimate of drug-likeness (QED) is 0.797. The molecule has 1 heterocycles. The SMILES string of the molecule is CCCN(C)C(=O)c1cc2c(cc1F)B(O)OC2. The van der Waals surface area contributed by atoms with Crippen molar-refractivity contribution in [3.05, 3.63) is 29.1 Å². The van der Waals surface area contributed by atoms with Gasteiger partial charge < -0.3 is 14.6 Å². The molecule has 0 radical (unpaired) electrons. The summed E-state index contributed by atoms with van der Waals surface area (Å²) in [6, 6.07) is 2.65. The van der Waals surface area contributed by atoms with Gasteiger partial charge in [-0.3, -0.25) is 4.79 Å². The third kappa shape index (κ3) is 2.26. The molecule has 0 bridgehead atoms. The summed E-state index contributed by atoms with van der Waals surface area (Å²) >= 11 is 0. The summed E-state index contributed by atoms with van der Waals surface area (Å²) in [7, 11) is 0.552. The first-order valence-corrected chi connectivity index (χ1v) is 5.92. The summed E-state index contributed by atoms with van der Waals surface area (Å²) in [5.74, 6) is -0.968. The molecule has 1 aromatic carbocycles. The van der Waals surface area contributed by atoms with E-state index in [0.717, 1.165) is 6.42 Å². The zero-order valence-electron chi connectivity index (χ0n) is 10.4. The lowest BCUT2D eigenvalue weighted by Crippen LogP contribution is -2.31. The molecule has 2 rings (SSSR count). The number of hydrogen-bond donors (Lipinski definition) is 1. The normalized spacial score (nSPS) is 13.7. The molecule has 0 unspecified atom stereocenters. The van der Waals surface area contributed by atoms with Gasteiger partial charge in [-0.25, -0.2) is 4.39 Å². The standard InChI is InChI=1S/C12H15BFNO3/c1-3-4-15(2)12(16)9-5-8-7-18-13(17)10(8)6-11(9)14/h5-6,17H,3-4,7H2,1-2H3. The number of amides is 1. The first-order valence-electron chi connectivity index (χ1n) is 5.92. The molecule has 1 aromatic rings. The highest BCUT2D eigenvalue weighted by molar-refractivity contribution is 6.61. The predicted molar refractivity (Wildman–Crippen MR) is 66.0 cm³/mol. The average molecular weight is 251 g/mol. The first kappa shape index (κ1) is 13.0. The lowest BCUT2D eigenvalue weighted by molar-refractivity contribution is 0.0790. The van der Waals surface area contributed by atoms with Gasteiger partial charge in [0, 0.05) is 13.6 Å². The molecule has 0 spiro atoms. The lowest BCUT2D eigenvalue weighted by Gasteiger charge is -2.17. The Morgan fingerprint density at radius 3 is 3.00 bits per heavy atom. The van der Waals surface area contributed by atoms with E-state index in [0.29, 0.717) is 17.6 Å². The number of hydrogen-bond acceptors (Lipinski definition) is 3. The van der Waals surface area contributed by atoms with Crippen LogP contribution in [0.25, 0.3) is 0 Å². The van der Waals surface area contributed by atoms with Crippen LogP contribution in [0.3, 0.4) is 0 Å². The van der Waals surface area contributed by atoms with E-state index in [2.05, 4.69) is 0 Å². The monoisotopic (exact) mass is 251 g/mol. The maximum Gasteiger partial charge on any atom is 0.491 e. The zero-order chi connectivity index (χ0) is 13.3. The molecule has 0 atom stereocenters. The Hall–Kier alpha value is -1.40. The molecule has 1 aliphatic rings. The molecule has 0 aromatic heterocycles. The summed E-state index contributed by atoms with van der Waals surface area (Å²) in [5, 5.41) is 9.44. The fraction of sp³-hybridized carbons (Fsp3) is 0.417. The van der Waals surface area contributed by atoms with Gasteiger partial charge in [0.2, 0.25) is 0 Å². The molecular formula is C12H15BFNO3. The van der Waals surface area contributed by atoms with Crippen LogP contribution in [0.15, 0.2) is 12.1 Å². The molecule has 18 heavy (non-hydrogen) atoms. The van der Waals surface area contributed by atoms with Gasteiger partial charge in [0.05, 0.1) is 12.2 Å². The second-order valence-corrected chi connectivity index (χ2v) is 4.42. The number of carbonyl (C=O) groups excluding carboxylic acids is 1. The van der Waals surface area contributed by atoms with Crippen molar-refractivity contribution in [1.82, 2.24) is 4.90 Å². The summed E-state index contributed by atoms with van der Waals surface area (Å²) in [5.41, 5.74) is 1.10. The van der Waals surface area contributed by atoms with E-state index >= 15 is 0 Å². The van der Waals surface area contributed by atoms with Crippen LogP contribution in [-0.4, -0.2) is 36.5 Å². The van der Waals surface area contributed by atoms with Gasteiger partial charge in [-0.05, 0) is 29.6 Å². The van der Waals surface area contributed by atoms with Gasteiger partial charge in [0.15, 0.2) is 0 Å². The molecular weight excluding hydrogens is 236 g/mol. The Kier molecular flexibility index (Phi) is 3.68. The molecule has 1 aliphatic heterocycles. The predicted octanol–water partition coefficient (Wildman–Crippen LogP) is 0.525. The van der Waals surface area contributed by atoms with Crippen LogP contribution in [0.1, 0.15) is 29.3 Å². The summed E-state index contributed by atoms with van der Waals surface area (Å²) < 4.78 is 18.8. The maximum atomic E-state index is 13.9. The smallest absolute Gasteiger partial charge is 0.423 e. The van der Waals surface area contributed by atoms with Crippen molar-refractivity contribution < 1.29 is 18.9 Å². The minimum atomic E-state index is -1.09. The molecule has 0 fully saturated rings. The Morgan fingerprint density at radius 2 is 2.33 bits per heavy atom. The van der Waals surface area contributed by atoms with E-state index < -0.39 is 12.9 Å². The fourth-order valence-corrected chi connectivity index (χ4v) is 2.05. The minimum absolute atomic E-state index is 0.0300. The number of fused-ring (bicyclic) bond motifs is 1. The van der Waals surface area contributed by atoms with Crippen LogP contribution in [-0.2, 0) is 11.3 Å². The molecule has 1 amide bonds. The highest BCUT2D eigenvalue weighted by Gasteiger charge is 2.30. The average Bonchev–Trinajstić information content (AvgIpc) is 2.69. The number of halogens is 1. The van der Waals surface area contributed by atoms with E-state index in [1.54, 1.807) is 7.05 Å². The van der Waals surface area contributed by atoms with E-state index in [9.17, 15) is 14.2 Å². The van der Waals surface area contributed by atoms with Crippen LogP contribution in [0, 0.1) is 5.82 Å². The van der Waals surface area contributed by atoms with Crippen molar-refractivity contribution >= 4 is 18.5 Å².